The van der Waals surface area contributed by atoms with Crippen LogP contribution >= 0.6 is 0 Å². The highest BCUT2D eigenvalue weighted by Crippen LogP contribution is 2.23. The van der Waals surface area contributed by atoms with Crippen LogP contribution in [0.3, 0.4) is 0 Å². The molecule has 0 spiro atoms. The fourth-order valence-electron chi connectivity index (χ4n) is 4.44. The maximum Gasteiger partial charge on any atom is 0.267 e. The molecule has 1 amide bonds. The predicted octanol–water partition coefficient (Wildman–Crippen LogP) is 1.49. The number of hydrogen-bond donors (Lipinski definition) is 1. The largest absolute Gasteiger partial charge is 0.336 e. The number of aromatic amines is 1. The molecule has 1 saturated heterocycles. The Kier molecular flexibility index (Phi) is 6.43. The third-order valence-corrected chi connectivity index (χ3v) is 8.18. The van der Waals surface area contributed by atoms with Gasteiger partial charge in [0.05, 0.1) is 17.0 Å². The van der Waals surface area contributed by atoms with Crippen LogP contribution in [0.25, 0.3) is 0 Å². The topological polar surface area (TPSA) is 103 Å². The number of hydrogen-bond acceptors (Lipinski definition) is 5. The van der Waals surface area contributed by atoms with Gasteiger partial charge in [-0.25, -0.2) is 17.9 Å². The number of benzene rings is 1. The average molecular weight is 463 g/mol. The van der Waals surface area contributed by atoms with E-state index in [1.165, 1.54) is 21.3 Å². The number of carbonyl (C=O) groups is 1. The van der Waals surface area contributed by atoms with Crippen molar-refractivity contribution in [2.75, 3.05) is 31.9 Å². The van der Waals surface area contributed by atoms with E-state index in [1.54, 1.807) is 13.0 Å². The Labute approximate surface area is 186 Å². The van der Waals surface area contributed by atoms with E-state index < -0.39 is 21.7 Å². The van der Waals surface area contributed by atoms with Crippen molar-refractivity contribution >= 4 is 15.9 Å². The molecule has 1 aromatic heterocycles. The number of piperazine rings is 1. The molecule has 1 aliphatic heterocycles. The van der Waals surface area contributed by atoms with Gasteiger partial charge in [0.2, 0.25) is 10.0 Å². The normalized spacial score (nSPS) is 17.2. The molecule has 2 aromatic rings. The van der Waals surface area contributed by atoms with Crippen molar-refractivity contribution in [3.63, 3.8) is 0 Å². The monoisotopic (exact) mass is 462 g/mol. The summed E-state index contributed by atoms with van der Waals surface area (Å²) in [6, 6.07) is 4.44. The van der Waals surface area contributed by atoms with Gasteiger partial charge in [-0.2, -0.15) is 9.40 Å². The molecule has 0 unspecified atom stereocenters. The van der Waals surface area contributed by atoms with Crippen LogP contribution in [0.1, 0.15) is 52.5 Å². The highest BCUT2D eigenvalue weighted by atomic mass is 32.2. The molecule has 0 radical (unpaired) electrons. The smallest absolute Gasteiger partial charge is 0.267 e. The van der Waals surface area contributed by atoms with Crippen molar-refractivity contribution in [3.05, 3.63) is 62.3 Å². The van der Waals surface area contributed by atoms with Crippen LogP contribution in [0.2, 0.25) is 0 Å². The van der Waals surface area contributed by atoms with E-state index in [2.05, 4.69) is 10.2 Å². The summed E-state index contributed by atoms with van der Waals surface area (Å²) in [4.78, 5) is 26.6. The summed E-state index contributed by atoms with van der Waals surface area (Å²) in [5.74, 6) is -1.05. The maximum atomic E-state index is 14.5. The molecule has 1 aromatic carbocycles. The number of fused-ring (bicyclic) bond motifs is 1. The molecule has 32 heavy (non-hydrogen) atoms. The van der Waals surface area contributed by atoms with E-state index in [1.807, 2.05) is 0 Å². The van der Waals surface area contributed by atoms with E-state index in [4.69, 9.17) is 0 Å². The van der Waals surface area contributed by atoms with E-state index in [9.17, 15) is 22.4 Å². The SMILES string of the molecule is CCS(=O)(=O)N1CCN(C(=O)c2cc(Cc3n[nH]c(=O)c4c3CCCC4)ccc2F)CC1. The Morgan fingerprint density at radius 3 is 2.50 bits per heavy atom. The highest BCUT2D eigenvalue weighted by molar-refractivity contribution is 7.89. The van der Waals surface area contributed by atoms with Crippen molar-refractivity contribution in [2.45, 2.75) is 39.0 Å². The summed E-state index contributed by atoms with van der Waals surface area (Å²) in [6.07, 6.45) is 3.88. The van der Waals surface area contributed by atoms with Gasteiger partial charge >= 0.3 is 0 Å². The van der Waals surface area contributed by atoms with Crippen LogP contribution in [0.15, 0.2) is 23.0 Å². The number of sulfonamides is 1. The second kappa shape index (κ2) is 9.11. The van der Waals surface area contributed by atoms with Crippen LogP contribution in [-0.4, -0.2) is 65.7 Å². The van der Waals surface area contributed by atoms with Crippen LogP contribution in [0.4, 0.5) is 4.39 Å². The van der Waals surface area contributed by atoms with E-state index in [-0.39, 0.29) is 43.1 Å². The minimum absolute atomic E-state index is 0.0140. The van der Waals surface area contributed by atoms with Gasteiger partial charge in [0.15, 0.2) is 0 Å². The molecule has 1 aliphatic carbocycles. The summed E-state index contributed by atoms with van der Waals surface area (Å²) in [5, 5.41) is 6.79. The Balaban J connectivity index is 1.53. The van der Waals surface area contributed by atoms with Gasteiger partial charge in [-0.05, 0) is 55.9 Å². The molecule has 2 aliphatic rings. The van der Waals surface area contributed by atoms with Gasteiger partial charge in [0.1, 0.15) is 5.82 Å². The van der Waals surface area contributed by atoms with Crippen LogP contribution < -0.4 is 5.56 Å². The first-order valence-electron chi connectivity index (χ1n) is 10.9. The first kappa shape index (κ1) is 22.6. The molecule has 0 saturated carbocycles. The van der Waals surface area contributed by atoms with E-state index in [0.717, 1.165) is 48.1 Å². The van der Waals surface area contributed by atoms with E-state index >= 15 is 0 Å². The molecular formula is C22H27FN4O4S. The van der Waals surface area contributed by atoms with Gasteiger partial charge in [-0.1, -0.05) is 6.07 Å². The van der Waals surface area contributed by atoms with Gasteiger partial charge in [0, 0.05) is 38.2 Å². The minimum Gasteiger partial charge on any atom is -0.336 e. The summed E-state index contributed by atoms with van der Waals surface area (Å²) in [5.41, 5.74) is 3.04. The number of rotatable bonds is 5. The fourth-order valence-corrected chi connectivity index (χ4v) is 5.52. The molecule has 8 nitrogen and oxygen atoms in total. The van der Waals surface area contributed by atoms with Crippen molar-refractivity contribution in [1.82, 2.24) is 19.4 Å². The highest BCUT2D eigenvalue weighted by Gasteiger charge is 2.29. The summed E-state index contributed by atoms with van der Waals surface area (Å²) in [7, 11) is -3.31. The van der Waals surface area contributed by atoms with Crippen molar-refractivity contribution < 1.29 is 17.6 Å². The fraction of sp³-hybridized carbons (Fsp3) is 0.500. The molecule has 2 heterocycles. The molecule has 4 rings (SSSR count). The molecule has 0 atom stereocenters. The van der Waals surface area contributed by atoms with Crippen molar-refractivity contribution in [3.8, 4) is 0 Å². The molecule has 1 N–H and O–H groups in total. The number of H-pyrrole nitrogens is 1. The lowest BCUT2D eigenvalue weighted by Gasteiger charge is -2.34. The number of amides is 1. The molecule has 10 heteroatoms. The average Bonchev–Trinajstić information content (AvgIpc) is 2.82. The zero-order valence-corrected chi connectivity index (χ0v) is 18.9. The van der Waals surface area contributed by atoms with Crippen molar-refractivity contribution in [2.24, 2.45) is 0 Å². The lowest BCUT2D eigenvalue weighted by atomic mass is 9.90. The summed E-state index contributed by atoms with van der Waals surface area (Å²) < 4.78 is 40.0. The first-order valence-corrected chi connectivity index (χ1v) is 12.6. The molecular weight excluding hydrogens is 435 g/mol. The second-order valence-electron chi connectivity index (χ2n) is 8.25. The Hall–Kier alpha value is -2.59. The number of aromatic nitrogens is 2. The van der Waals surface area contributed by atoms with Gasteiger partial charge in [-0.15, -0.1) is 0 Å². The lowest BCUT2D eigenvalue weighted by Crippen LogP contribution is -2.51. The number of nitrogens with zero attached hydrogens (tertiary/aromatic N) is 3. The summed E-state index contributed by atoms with van der Waals surface area (Å²) >= 11 is 0. The number of carbonyl (C=O) groups excluding carboxylic acids is 1. The van der Waals surface area contributed by atoms with Gasteiger partial charge in [0.25, 0.3) is 11.5 Å². The molecule has 0 bridgehead atoms. The van der Waals surface area contributed by atoms with E-state index in [0.29, 0.717) is 6.42 Å². The molecule has 172 valence electrons. The standard InChI is InChI=1S/C22H27FN4O4S/c1-2-32(30,31)27-11-9-26(10-12-27)22(29)18-13-15(7-8-19(18)23)14-20-16-5-3-4-6-17(16)21(28)25-24-20/h7-8,13H,2-6,9-12,14H2,1H3,(H,25,28). The lowest BCUT2D eigenvalue weighted by molar-refractivity contribution is 0.0693. The Bertz CT molecular complexity index is 1190. The van der Waals surface area contributed by atoms with Gasteiger partial charge < -0.3 is 4.90 Å². The van der Waals surface area contributed by atoms with Gasteiger partial charge in [-0.3, -0.25) is 9.59 Å². The number of halogens is 1. The first-order chi connectivity index (χ1) is 15.3. The third-order valence-electron chi connectivity index (χ3n) is 6.30. The quantitative estimate of drug-likeness (QED) is 0.725. The second-order valence-corrected chi connectivity index (χ2v) is 10.5. The third kappa shape index (κ3) is 4.47. The van der Waals surface area contributed by atoms with Crippen LogP contribution in [-0.2, 0) is 29.3 Å². The zero-order chi connectivity index (χ0) is 22.9. The zero-order valence-electron chi connectivity index (χ0n) is 18.1. The summed E-state index contributed by atoms with van der Waals surface area (Å²) in [6.45, 7) is 2.43. The Morgan fingerprint density at radius 2 is 1.81 bits per heavy atom. The van der Waals surface area contributed by atoms with Crippen LogP contribution in [0.5, 0.6) is 0 Å². The van der Waals surface area contributed by atoms with Crippen molar-refractivity contribution in [1.29, 1.82) is 0 Å². The Morgan fingerprint density at radius 1 is 1.12 bits per heavy atom. The number of nitrogens with one attached hydrogen (secondary N) is 1. The van der Waals surface area contributed by atoms with Crippen LogP contribution in [0, 0.1) is 5.82 Å². The maximum absolute atomic E-state index is 14.5. The predicted molar refractivity (Wildman–Crippen MR) is 118 cm³/mol. The minimum atomic E-state index is -3.31. The molecule has 1 fully saturated rings.